The molecule has 14 heavy (non-hydrogen) atoms. The maximum Gasteiger partial charge on any atom is 0.165 e. The van der Waals surface area contributed by atoms with Crippen LogP contribution in [0.25, 0.3) is 0 Å². The summed E-state index contributed by atoms with van der Waals surface area (Å²) in [6.45, 7) is 1.71. The zero-order chi connectivity index (χ0) is 10.2. The molecule has 0 spiro atoms. The fourth-order valence-electron chi connectivity index (χ4n) is 1.56. The van der Waals surface area contributed by atoms with E-state index in [4.69, 9.17) is 4.74 Å². The molecule has 0 unspecified atom stereocenters. The van der Waals surface area contributed by atoms with Crippen LogP contribution in [0, 0.1) is 5.82 Å². The third-order valence-electron chi connectivity index (χ3n) is 2.71. The predicted molar refractivity (Wildman–Crippen MR) is 50.7 cm³/mol. The SMILES string of the molecule is C[C@]1(O)CC[C@@H]1Oc1ccccc1F. The van der Waals surface area contributed by atoms with Crippen molar-refractivity contribution in [1.82, 2.24) is 0 Å². The van der Waals surface area contributed by atoms with Gasteiger partial charge in [0.2, 0.25) is 0 Å². The molecule has 2 atom stereocenters. The van der Waals surface area contributed by atoms with Crippen molar-refractivity contribution in [1.29, 1.82) is 0 Å². The van der Waals surface area contributed by atoms with Crippen LogP contribution in [0.2, 0.25) is 0 Å². The Hall–Kier alpha value is -1.09. The number of rotatable bonds is 2. The molecular formula is C11H13FO2. The van der Waals surface area contributed by atoms with Gasteiger partial charge in [0.25, 0.3) is 0 Å². The molecule has 1 fully saturated rings. The first-order chi connectivity index (χ1) is 6.59. The first-order valence-corrected chi connectivity index (χ1v) is 4.73. The molecule has 0 amide bonds. The highest BCUT2D eigenvalue weighted by Crippen LogP contribution is 2.35. The van der Waals surface area contributed by atoms with E-state index < -0.39 is 5.60 Å². The lowest BCUT2D eigenvalue weighted by atomic mass is 9.78. The second-order valence-corrected chi connectivity index (χ2v) is 3.93. The van der Waals surface area contributed by atoms with Gasteiger partial charge in [0.15, 0.2) is 11.6 Å². The molecule has 2 rings (SSSR count). The van der Waals surface area contributed by atoms with Crippen LogP contribution in [0.15, 0.2) is 24.3 Å². The minimum Gasteiger partial charge on any atom is -0.484 e. The fraction of sp³-hybridized carbons (Fsp3) is 0.455. The maximum atomic E-state index is 13.2. The largest absolute Gasteiger partial charge is 0.484 e. The van der Waals surface area contributed by atoms with E-state index in [-0.39, 0.29) is 17.7 Å². The molecular weight excluding hydrogens is 183 g/mol. The minimum absolute atomic E-state index is 0.220. The van der Waals surface area contributed by atoms with Gasteiger partial charge in [-0.15, -0.1) is 0 Å². The van der Waals surface area contributed by atoms with Gasteiger partial charge in [-0.1, -0.05) is 12.1 Å². The van der Waals surface area contributed by atoms with Gasteiger partial charge in [0, 0.05) is 0 Å². The van der Waals surface area contributed by atoms with Crippen LogP contribution < -0.4 is 4.74 Å². The Morgan fingerprint density at radius 3 is 2.71 bits per heavy atom. The lowest BCUT2D eigenvalue weighted by Gasteiger charge is -2.42. The fourth-order valence-corrected chi connectivity index (χ4v) is 1.56. The zero-order valence-corrected chi connectivity index (χ0v) is 8.03. The number of hydrogen-bond donors (Lipinski definition) is 1. The number of halogens is 1. The molecule has 2 nitrogen and oxygen atoms in total. The van der Waals surface area contributed by atoms with Gasteiger partial charge in [-0.2, -0.15) is 0 Å². The molecule has 0 heterocycles. The van der Waals surface area contributed by atoms with Crippen molar-refractivity contribution in [2.45, 2.75) is 31.5 Å². The van der Waals surface area contributed by atoms with Gasteiger partial charge < -0.3 is 9.84 Å². The molecule has 0 aliphatic heterocycles. The highest BCUT2D eigenvalue weighted by molar-refractivity contribution is 5.24. The molecule has 0 saturated heterocycles. The second-order valence-electron chi connectivity index (χ2n) is 3.93. The summed E-state index contributed by atoms with van der Waals surface area (Å²) in [6.07, 6.45) is 1.22. The van der Waals surface area contributed by atoms with Gasteiger partial charge >= 0.3 is 0 Å². The summed E-state index contributed by atoms with van der Waals surface area (Å²) in [7, 11) is 0. The summed E-state index contributed by atoms with van der Waals surface area (Å²) < 4.78 is 18.5. The van der Waals surface area contributed by atoms with Crippen LogP contribution in [0.3, 0.4) is 0 Å². The molecule has 1 aromatic rings. The molecule has 1 aromatic carbocycles. The van der Waals surface area contributed by atoms with Gasteiger partial charge in [0.1, 0.15) is 6.10 Å². The second kappa shape index (κ2) is 3.24. The average Bonchev–Trinajstić information content (AvgIpc) is 2.15. The maximum absolute atomic E-state index is 13.2. The van der Waals surface area contributed by atoms with Gasteiger partial charge in [-0.3, -0.25) is 0 Å². The topological polar surface area (TPSA) is 29.5 Å². The molecule has 0 radical (unpaired) electrons. The van der Waals surface area contributed by atoms with Crippen molar-refractivity contribution in [3.8, 4) is 5.75 Å². The number of ether oxygens (including phenoxy) is 1. The van der Waals surface area contributed by atoms with E-state index in [0.717, 1.165) is 6.42 Å². The van der Waals surface area contributed by atoms with E-state index in [1.54, 1.807) is 25.1 Å². The normalized spacial score (nSPS) is 30.9. The van der Waals surface area contributed by atoms with Crippen molar-refractivity contribution in [2.75, 3.05) is 0 Å². The van der Waals surface area contributed by atoms with Crippen LogP contribution in [-0.4, -0.2) is 16.8 Å². The number of para-hydroxylation sites is 1. The summed E-state index contributed by atoms with van der Waals surface area (Å²) in [6, 6.07) is 6.25. The Kier molecular flexibility index (Phi) is 2.19. The molecule has 1 aliphatic rings. The lowest BCUT2D eigenvalue weighted by Crippen LogP contribution is -2.52. The molecule has 0 aromatic heterocycles. The molecule has 1 aliphatic carbocycles. The van der Waals surface area contributed by atoms with Gasteiger partial charge in [-0.25, -0.2) is 4.39 Å². The number of benzene rings is 1. The smallest absolute Gasteiger partial charge is 0.165 e. The Morgan fingerprint density at radius 1 is 1.50 bits per heavy atom. The third kappa shape index (κ3) is 1.60. The highest BCUT2D eigenvalue weighted by atomic mass is 19.1. The molecule has 76 valence electrons. The minimum atomic E-state index is -0.803. The predicted octanol–water partition coefficient (Wildman–Crippen LogP) is 2.12. The van der Waals surface area contributed by atoms with Crippen molar-refractivity contribution in [3.05, 3.63) is 30.1 Å². The van der Waals surface area contributed by atoms with E-state index in [2.05, 4.69) is 0 Å². The highest BCUT2D eigenvalue weighted by Gasteiger charge is 2.43. The van der Waals surface area contributed by atoms with Crippen LogP contribution in [0.4, 0.5) is 4.39 Å². The first kappa shape index (κ1) is 9.46. The molecule has 0 bridgehead atoms. The quantitative estimate of drug-likeness (QED) is 0.785. The van der Waals surface area contributed by atoms with Crippen LogP contribution >= 0.6 is 0 Å². The monoisotopic (exact) mass is 196 g/mol. The van der Waals surface area contributed by atoms with Crippen LogP contribution in [0.1, 0.15) is 19.8 Å². The standard InChI is InChI=1S/C11H13FO2/c1-11(13)7-6-10(11)14-9-5-3-2-4-8(9)12/h2-5,10,13H,6-7H2,1H3/t10-,11-/m0/s1. The van der Waals surface area contributed by atoms with E-state index in [0.29, 0.717) is 6.42 Å². The van der Waals surface area contributed by atoms with Crippen LogP contribution in [0.5, 0.6) is 5.75 Å². The Morgan fingerprint density at radius 2 is 2.21 bits per heavy atom. The Labute approximate surface area is 82.3 Å². The van der Waals surface area contributed by atoms with Crippen molar-refractivity contribution in [3.63, 3.8) is 0 Å². The molecule has 3 heteroatoms. The lowest BCUT2D eigenvalue weighted by molar-refractivity contribution is -0.119. The van der Waals surface area contributed by atoms with E-state index >= 15 is 0 Å². The summed E-state index contributed by atoms with van der Waals surface area (Å²) in [4.78, 5) is 0. The summed E-state index contributed by atoms with van der Waals surface area (Å²) in [5.74, 6) is -0.160. The van der Waals surface area contributed by atoms with Crippen molar-refractivity contribution < 1.29 is 14.2 Å². The van der Waals surface area contributed by atoms with E-state index in [1.165, 1.54) is 6.07 Å². The molecule has 1 saturated carbocycles. The Bertz CT molecular complexity index is 336. The van der Waals surface area contributed by atoms with Crippen LogP contribution in [-0.2, 0) is 0 Å². The number of aliphatic hydroxyl groups is 1. The van der Waals surface area contributed by atoms with Crippen molar-refractivity contribution >= 4 is 0 Å². The first-order valence-electron chi connectivity index (χ1n) is 4.73. The van der Waals surface area contributed by atoms with Gasteiger partial charge in [-0.05, 0) is 31.9 Å². The summed E-state index contributed by atoms with van der Waals surface area (Å²) in [5.41, 5.74) is -0.803. The summed E-state index contributed by atoms with van der Waals surface area (Å²) >= 11 is 0. The van der Waals surface area contributed by atoms with Crippen molar-refractivity contribution in [2.24, 2.45) is 0 Å². The third-order valence-corrected chi connectivity index (χ3v) is 2.71. The average molecular weight is 196 g/mol. The molecule has 1 N–H and O–H groups in total. The summed E-state index contributed by atoms with van der Waals surface area (Å²) in [5, 5.41) is 9.68. The van der Waals surface area contributed by atoms with E-state index in [1.807, 2.05) is 0 Å². The zero-order valence-electron chi connectivity index (χ0n) is 8.03. The van der Waals surface area contributed by atoms with E-state index in [9.17, 15) is 9.50 Å². The van der Waals surface area contributed by atoms with Gasteiger partial charge in [0.05, 0.1) is 5.60 Å². The number of hydrogen-bond acceptors (Lipinski definition) is 2. The Balaban J connectivity index is 2.08.